The molecule has 0 heterocycles. The molecular formula is C17H32N2O4. The molecule has 0 saturated carbocycles. The fourth-order valence-electron chi connectivity index (χ4n) is 2.27. The number of amides is 2. The Morgan fingerprint density at radius 3 is 1.87 bits per heavy atom. The Morgan fingerprint density at radius 1 is 0.913 bits per heavy atom. The van der Waals surface area contributed by atoms with Gasteiger partial charge >= 0.3 is 0 Å². The van der Waals surface area contributed by atoms with Crippen LogP contribution in [-0.2, 0) is 19.1 Å². The number of ether oxygens (including phenoxy) is 1. The molecule has 2 N–H and O–H groups in total. The van der Waals surface area contributed by atoms with E-state index in [0.717, 1.165) is 0 Å². The molecule has 0 radical (unpaired) electrons. The summed E-state index contributed by atoms with van der Waals surface area (Å²) in [6.45, 7) is 11.6. The average molecular weight is 328 g/mol. The van der Waals surface area contributed by atoms with Gasteiger partial charge in [-0.2, -0.15) is 0 Å². The third-order valence-corrected chi connectivity index (χ3v) is 3.26. The van der Waals surface area contributed by atoms with Gasteiger partial charge in [0.15, 0.2) is 5.78 Å². The van der Waals surface area contributed by atoms with Crippen molar-refractivity contribution >= 4 is 17.6 Å². The molecule has 0 saturated heterocycles. The third kappa shape index (κ3) is 10.0. The van der Waals surface area contributed by atoms with Gasteiger partial charge in [0, 0.05) is 13.5 Å². The summed E-state index contributed by atoms with van der Waals surface area (Å²) in [5.41, 5.74) is 0. The number of hydrogen-bond donors (Lipinski definition) is 2. The standard InChI is InChI=1S/C17H32N2O4/c1-7-23-10-16(21)14(8-11(2)3)19-17(22)15(9-12(4)5)18-13(6)20/h11-12,14-15H,7-10H2,1-6H3,(H,18,20)(H,19,22)/t14?,15-/m0/s1. The molecule has 23 heavy (non-hydrogen) atoms. The lowest BCUT2D eigenvalue weighted by Gasteiger charge is -2.24. The van der Waals surface area contributed by atoms with Gasteiger partial charge in [-0.15, -0.1) is 0 Å². The van der Waals surface area contributed by atoms with Crippen LogP contribution in [0.15, 0.2) is 0 Å². The first-order chi connectivity index (χ1) is 10.7. The Hall–Kier alpha value is -1.43. The third-order valence-electron chi connectivity index (χ3n) is 3.26. The van der Waals surface area contributed by atoms with Crippen molar-refractivity contribution in [3.63, 3.8) is 0 Å². The van der Waals surface area contributed by atoms with Crippen LogP contribution in [0.25, 0.3) is 0 Å². The topological polar surface area (TPSA) is 84.5 Å². The Bertz CT molecular complexity index is 394. The molecule has 6 heteroatoms. The first-order valence-electron chi connectivity index (χ1n) is 8.35. The Balaban J connectivity index is 4.93. The van der Waals surface area contributed by atoms with E-state index in [1.54, 1.807) is 0 Å². The number of Topliss-reactive ketones (excluding diaryl/α,β-unsaturated/α-hetero) is 1. The van der Waals surface area contributed by atoms with Gasteiger partial charge in [0.2, 0.25) is 11.8 Å². The summed E-state index contributed by atoms with van der Waals surface area (Å²) < 4.78 is 5.16. The van der Waals surface area contributed by atoms with Crippen LogP contribution in [0.4, 0.5) is 0 Å². The molecule has 0 bridgehead atoms. The van der Waals surface area contributed by atoms with Gasteiger partial charge in [-0.05, 0) is 31.6 Å². The zero-order chi connectivity index (χ0) is 18.0. The second-order valence-corrected chi connectivity index (χ2v) is 6.68. The Labute approximate surface area is 139 Å². The summed E-state index contributed by atoms with van der Waals surface area (Å²) in [6.07, 6.45) is 1.07. The van der Waals surface area contributed by atoms with E-state index >= 15 is 0 Å². The maximum Gasteiger partial charge on any atom is 0.243 e. The number of nitrogens with one attached hydrogen (secondary N) is 2. The minimum absolute atomic E-state index is 0.0108. The predicted octanol–water partition coefficient (Wildman–Crippen LogP) is 1.67. The smallest absolute Gasteiger partial charge is 0.243 e. The highest BCUT2D eigenvalue weighted by Crippen LogP contribution is 2.09. The molecule has 2 atom stereocenters. The van der Waals surface area contributed by atoms with E-state index in [2.05, 4.69) is 10.6 Å². The van der Waals surface area contributed by atoms with Crippen LogP contribution < -0.4 is 10.6 Å². The Morgan fingerprint density at radius 2 is 1.43 bits per heavy atom. The monoisotopic (exact) mass is 328 g/mol. The lowest BCUT2D eigenvalue weighted by molar-refractivity contribution is -0.133. The maximum atomic E-state index is 12.5. The number of rotatable bonds is 11. The van der Waals surface area contributed by atoms with Crippen molar-refractivity contribution in [1.29, 1.82) is 0 Å². The van der Waals surface area contributed by atoms with Gasteiger partial charge in [-0.3, -0.25) is 14.4 Å². The normalized spacial score (nSPS) is 13.7. The number of carbonyl (C=O) groups excluding carboxylic acids is 3. The Kier molecular flexibility index (Phi) is 10.5. The van der Waals surface area contributed by atoms with E-state index in [4.69, 9.17) is 4.74 Å². The number of hydrogen-bond acceptors (Lipinski definition) is 4. The summed E-state index contributed by atoms with van der Waals surface area (Å²) >= 11 is 0. The molecule has 134 valence electrons. The molecule has 0 aromatic carbocycles. The summed E-state index contributed by atoms with van der Waals surface area (Å²) in [5, 5.41) is 5.44. The van der Waals surface area contributed by atoms with Crippen LogP contribution in [0, 0.1) is 11.8 Å². The first kappa shape index (κ1) is 21.6. The SMILES string of the molecule is CCOCC(=O)C(CC(C)C)NC(=O)[C@H](CC(C)C)NC(C)=O. The van der Waals surface area contributed by atoms with Crippen LogP contribution >= 0.6 is 0 Å². The summed E-state index contributed by atoms with van der Waals surface area (Å²) in [6, 6.07) is -1.21. The predicted molar refractivity (Wildman–Crippen MR) is 89.9 cm³/mol. The second kappa shape index (κ2) is 11.2. The van der Waals surface area contributed by atoms with Gasteiger partial charge in [0.1, 0.15) is 12.6 Å². The number of carbonyl (C=O) groups is 3. The second-order valence-electron chi connectivity index (χ2n) is 6.68. The minimum Gasteiger partial charge on any atom is -0.374 e. The van der Waals surface area contributed by atoms with Gasteiger partial charge in [0.25, 0.3) is 0 Å². The number of ketones is 1. The van der Waals surface area contributed by atoms with Crippen LogP contribution in [0.3, 0.4) is 0 Å². The van der Waals surface area contributed by atoms with E-state index in [-0.39, 0.29) is 36.0 Å². The van der Waals surface area contributed by atoms with E-state index < -0.39 is 12.1 Å². The zero-order valence-electron chi connectivity index (χ0n) is 15.3. The molecule has 0 aromatic heterocycles. The van der Waals surface area contributed by atoms with Crippen molar-refractivity contribution in [3.8, 4) is 0 Å². The maximum absolute atomic E-state index is 12.5. The van der Waals surface area contributed by atoms with Crippen molar-refractivity contribution in [1.82, 2.24) is 10.6 Å². The lowest BCUT2D eigenvalue weighted by Crippen LogP contribution is -2.52. The highest BCUT2D eigenvalue weighted by Gasteiger charge is 2.27. The molecule has 0 aromatic rings. The van der Waals surface area contributed by atoms with Crippen molar-refractivity contribution in [2.75, 3.05) is 13.2 Å². The molecule has 1 unspecified atom stereocenters. The van der Waals surface area contributed by atoms with E-state index in [1.165, 1.54) is 6.92 Å². The largest absolute Gasteiger partial charge is 0.374 e. The van der Waals surface area contributed by atoms with Gasteiger partial charge < -0.3 is 15.4 Å². The van der Waals surface area contributed by atoms with Crippen LogP contribution in [0.2, 0.25) is 0 Å². The highest BCUT2D eigenvalue weighted by molar-refractivity contribution is 5.93. The van der Waals surface area contributed by atoms with Gasteiger partial charge in [0.05, 0.1) is 6.04 Å². The molecule has 0 spiro atoms. The molecule has 0 fully saturated rings. The van der Waals surface area contributed by atoms with Gasteiger partial charge in [-0.1, -0.05) is 27.7 Å². The highest BCUT2D eigenvalue weighted by atomic mass is 16.5. The molecule has 2 amide bonds. The van der Waals surface area contributed by atoms with Crippen LogP contribution in [-0.4, -0.2) is 42.9 Å². The quantitative estimate of drug-likeness (QED) is 0.604. The first-order valence-corrected chi connectivity index (χ1v) is 8.35. The molecule has 0 aliphatic carbocycles. The zero-order valence-corrected chi connectivity index (χ0v) is 15.3. The molecule has 0 aliphatic heterocycles. The van der Waals surface area contributed by atoms with E-state index in [9.17, 15) is 14.4 Å². The average Bonchev–Trinajstić information content (AvgIpc) is 2.41. The fourth-order valence-corrected chi connectivity index (χ4v) is 2.27. The summed E-state index contributed by atoms with van der Waals surface area (Å²) in [4.78, 5) is 36.0. The van der Waals surface area contributed by atoms with Gasteiger partial charge in [-0.25, -0.2) is 0 Å². The lowest BCUT2D eigenvalue weighted by atomic mass is 9.98. The van der Waals surface area contributed by atoms with Crippen molar-refractivity contribution < 1.29 is 19.1 Å². The van der Waals surface area contributed by atoms with Crippen LogP contribution in [0.5, 0.6) is 0 Å². The van der Waals surface area contributed by atoms with E-state index in [1.807, 2.05) is 34.6 Å². The van der Waals surface area contributed by atoms with Crippen molar-refractivity contribution in [3.05, 3.63) is 0 Å². The fraction of sp³-hybridized carbons (Fsp3) is 0.824. The molecule has 0 aliphatic rings. The molecule has 6 nitrogen and oxygen atoms in total. The van der Waals surface area contributed by atoms with Crippen molar-refractivity contribution in [2.45, 2.75) is 66.5 Å². The molecular weight excluding hydrogens is 296 g/mol. The summed E-state index contributed by atoms with van der Waals surface area (Å²) in [5.74, 6) is -0.202. The van der Waals surface area contributed by atoms with Crippen molar-refractivity contribution in [2.24, 2.45) is 11.8 Å². The molecule has 0 rings (SSSR count). The van der Waals surface area contributed by atoms with E-state index in [0.29, 0.717) is 19.4 Å². The van der Waals surface area contributed by atoms with Crippen LogP contribution in [0.1, 0.15) is 54.4 Å². The summed E-state index contributed by atoms with van der Waals surface area (Å²) in [7, 11) is 0. The minimum atomic E-state index is -0.623.